The van der Waals surface area contributed by atoms with E-state index in [1.165, 1.54) is 10.5 Å². The molecule has 2 aromatic rings. The lowest BCUT2D eigenvalue weighted by atomic mass is 10.1. The molecule has 0 saturated carbocycles. The van der Waals surface area contributed by atoms with Crippen molar-refractivity contribution in [2.75, 3.05) is 5.75 Å². The highest BCUT2D eigenvalue weighted by Gasteiger charge is 2.11. The Balaban J connectivity index is 2.56. The maximum atomic E-state index is 5.92. The van der Waals surface area contributed by atoms with E-state index < -0.39 is 0 Å². The molecular formula is C14H19N3S. The van der Waals surface area contributed by atoms with E-state index in [0.717, 1.165) is 22.8 Å². The monoisotopic (exact) mass is 261 g/mol. The van der Waals surface area contributed by atoms with Gasteiger partial charge in [-0.15, -0.1) is 11.8 Å². The third kappa shape index (κ3) is 2.44. The van der Waals surface area contributed by atoms with E-state index in [9.17, 15) is 0 Å². The van der Waals surface area contributed by atoms with E-state index in [2.05, 4.69) is 43.2 Å². The normalized spacial score (nSPS) is 10.9. The highest BCUT2D eigenvalue weighted by molar-refractivity contribution is 7.99. The fourth-order valence-corrected chi connectivity index (χ4v) is 2.97. The maximum Gasteiger partial charge on any atom is 0.0704 e. The van der Waals surface area contributed by atoms with Crippen LogP contribution in [0.3, 0.4) is 0 Å². The summed E-state index contributed by atoms with van der Waals surface area (Å²) in [7, 11) is 0. The summed E-state index contributed by atoms with van der Waals surface area (Å²) >= 11 is 1.83. The molecular weight excluding hydrogens is 242 g/mol. The van der Waals surface area contributed by atoms with E-state index >= 15 is 0 Å². The molecule has 0 saturated heterocycles. The van der Waals surface area contributed by atoms with Gasteiger partial charge in [-0.1, -0.05) is 13.0 Å². The second kappa shape index (κ2) is 5.59. The van der Waals surface area contributed by atoms with Gasteiger partial charge in [-0.25, -0.2) is 4.68 Å². The highest BCUT2D eigenvalue weighted by Crippen LogP contribution is 2.27. The van der Waals surface area contributed by atoms with Gasteiger partial charge >= 0.3 is 0 Å². The van der Waals surface area contributed by atoms with Crippen LogP contribution in [0.1, 0.15) is 23.9 Å². The van der Waals surface area contributed by atoms with Gasteiger partial charge in [-0.2, -0.15) is 5.10 Å². The molecule has 0 fully saturated rings. The van der Waals surface area contributed by atoms with Crippen molar-refractivity contribution in [2.45, 2.75) is 32.2 Å². The van der Waals surface area contributed by atoms with Gasteiger partial charge in [0.1, 0.15) is 0 Å². The Labute approximate surface area is 112 Å². The number of nitrogens with zero attached hydrogens (tertiary/aromatic N) is 2. The van der Waals surface area contributed by atoms with Gasteiger partial charge in [0.05, 0.1) is 11.4 Å². The fraction of sp³-hybridized carbons (Fsp3) is 0.357. The third-order valence-corrected chi connectivity index (χ3v) is 3.83. The zero-order valence-corrected chi connectivity index (χ0v) is 11.9. The first-order valence-corrected chi connectivity index (χ1v) is 7.14. The van der Waals surface area contributed by atoms with Gasteiger partial charge in [0.2, 0.25) is 0 Å². The predicted molar refractivity (Wildman–Crippen MR) is 77.3 cm³/mol. The van der Waals surface area contributed by atoms with Gasteiger partial charge in [0.15, 0.2) is 0 Å². The minimum absolute atomic E-state index is 0.539. The van der Waals surface area contributed by atoms with Gasteiger partial charge in [-0.3, -0.25) is 0 Å². The van der Waals surface area contributed by atoms with E-state index in [4.69, 9.17) is 5.73 Å². The molecule has 1 aromatic heterocycles. The molecule has 0 radical (unpaired) electrons. The second-order valence-electron chi connectivity index (χ2n) is 4.23. The molecule has 2 N–H and O–H groups in total. The van der Waals surface area contributed by atoms with Crippen molar-refractivity contribution >= 4 is 11.8 Å². The minimum atomic E-state index is 0.539. The molecule has 2 rings (SSSR count). The first-order valence-electron chi connectivity index (χ1n) is 6.15. The lowest BCUT2D eigenvalue weighted by Gasteiger charge is -2.13. The van der Waals surface area contributed by atoms with Crippen LogP contribution in [0.25, 0.3) is 5.69 Å². The van der Waals surface area contributed by atoms with Gasteiger partial charge in [-0.05, 0) is 37.8 Å². The highest BCUT2D eigenvalue weighted by atomic mass is 32.2. The van der Waals surface area contributed by atoms with Crippen LogP contribution in [0.2, 0.25) is 0 Å². The lowest BCUT2D eigenvalue weighted by molar-refractivity contribution is 0.811. The standard InChI is InChI=1S/C14H19N3S/c1-4-18-14-7-5-6-13(12(14)9-15)17-11(3)8-10(2)16-17/h5-8H,4,9,15H2,1-3H3. The van der Waals surface area contributed by atoms with Crippen LogP contribution in [-0.4, -0.2) is 15.5 Å². The first kappa shape index (κ1) is 13.2. The fourth-order valence-electron chi connectivity index (χ4n) is 2.12. The molecule has 1 heterocycles. The van der Waals surface area contributed by atoms with Crippen LogP contribution in [0.5, 0.6) is 0 Å². The van der Waals surface area contributed by atoms with Crippen LogP contribution in [0, 0.1) is 13.8 Å². The molecule has 0 atom stereocenters. The van der Waals surface area contributed by atoms with Crippen molar-refractivity contribution in [1.82, 2.24) is 9.78 Å². The molecule has 18 heavy (non-hydrogen) atoms. The van der Waals surface area contributed by atoms with Gasteiger partial charge in [0, 0.05) is 22.7 Å². The topological polar surface area (TPSA) is 43.8 Å². The average Bonchev–Trinajstić information content (AvgIpc) is 2.68. The van der Waals surface area contributed by atoms with Crippen molar-refractivity contribution in [3.05, 3.63) is 41.2 Å². The Morgan fingerprint density at radius 1 is 1.33 bits per heavy atom. The molecule has 0 spiro atoms. The quantitative estimate of drug-likeness (QED) is 0.860. The maximum absolute atomic E-state index is 5.92. The Hall–Kier alpha value is -1.26. The molecule has 4 heteroatoms. The molecule has 1 aromatic carbocycles. The number of thioether (sulfide) groups is 1. The Morgan fingerprint density at radius 3 is 2.67 bits per heavy atom. The summed E-state index contributed by atoms with van der Waals surface area (Å²) in [6, 6.07) is 8.37. The van der Waals surface area contributed by atoms with Crippen LogP contribution in [0.15, 0.2) is 29.2 Å². The van der Waals surface area contributed by atoms with E-state index in [0.29, 0.717) is 6.54 Å². The van der Waals surface area contributed by atoms with Gasteiger partial charge < -0.3 is 5.73 Å². The molecule has 96 valence electrons. The van der Waals surface area contributed by atoms with Crippen LogP contribution in [-0.2, 0) is 6.54 Å². The van der Waals surface area contributed by atoms with Crippen LogP contribution < -0.4 is 5.73 Å². The van der Waals surface area contributed by atoms with Crippen LogP contribution >= 0.6 is 11.8 Å². The summed E-state index contributed by atoms with van der Waals surface area (Å²) in [4.78, 5) is 1.25. The minimum Gasteiger partial charge on any atom is -0.326 e. The number of hydrogen-bond acceptors (Lipinski definition) is 3. The van der Waals surface area contributed by atoms with Gasteiger partial charge in [0.25, 0.3) is 0 Å². The zero-order chi connectivity index (χ0) is 13.1. The Bertz CT molecular complexity index is 546. The summed E-state index contributed by atoms with van der Waals surface area (Å²) in [6.45, 7) is 6.77. The summed E-state index contributed by atoms with van der Waals surface area (Å²) < 4.78 is 1.98. The van der Waals surface area contributed by atoms with Crippen molar-refractivity contribution in [1.29, 1.82) is 0 Å². The summed E-state index contributed by atoms with van der Waals surface area (Å²) in [6.07, 6.45) is 0. The van der Waals surface area contributed by atoms with Crippen LogP contribution in [0.4, 0.5) is 0 Å². The molecule has 3 nitrogen and oxygen atoms in total. The number of benzene rings is 1. The molecule has 0 aliphatic carbocycles. The van der Waals surface area contributed by atoms with E-state index in [1.807, 2.05) is 23.4 Å². The molecule has 0 aliphatic heterocycles. The smallest absolute Gasteiger partial charge is 0.0704 e. The lowest BCUT2D eigenvalue weighted by Crippen LogP contribution is -2.08. The van der Waals surface area contributed by atoms with Crippen molar-refractivity contribution in [3.63, 3.8) is 0 Å². The number of aromatic nitrogens is 2. The molecule has 0 unspecified atom stereocenters. The van der Waals surface area contributed by atoms with Crippen molar-refractivity contribution in [3.8, 4) is 5.69 Å². The first-order chi connectivity index (χ1) is 8.67. The molecule has 0 bridgehead atoms. The number of rotatable bonds is 4. The second-order valence-corrected chi connectivity index (χ2v) is 5.54. The molecule has 0 amide bonds. The third-order valence-electron chi connectivity index (χ3n) is 2.85. The summed E-state index contributed by atoms with van der Waals surface area (Å²) in [5.74, 6) is 1.05. The summed E-state index contributed by atoms with van der Waals surface area (Å²) in [5, 5.41) is 4.54. The largest absolute Gasteiger partial charge is 0.326 e. The van der Waals surface area contributed by atoms with Crippen molar-refractivity contribution in [2.24, 2.45) is 5.73 Å². The Kier molecular flexibility index (Phi) is 4.09. The average molecular weight is 261 g/mol. The van der Waals surface area contributed by atoms with E-state index in [1.54, 1.807) is 0 Å². The predicted octanol–water partition coefficient (Wildman–Crippen LogP) is 3.06. The number of aryl methyl sites for hydroxylation is 2. The SMILES string of the molecule is CCSc1cccc(-n2nc(C)cc2C)c1CN. The van der Waals surface area contributed by atoms with E-state index in [-0.39, 0.29) is 0 Å². The van der Waals surface area contributed by atoms with Crippen molar-refractivity contribution < 1.29 is 0 Å². The summed E-state index contributed by atoms with van der Waals surface area (Å²) in [5.41, 5.74) is 10.4. The Morgan fingerprint density at radius 2 is 2.11 bits per heavy atom. The molecule has 0 aliphatic rings. The number of hydrogen-bond donors (Lipinski definition) is 1. The zero-order valence-electron chi connectivity index (χ0n) is 11.1. The number of nitrogens with two attached hydrogens (primary N) is 1.